The molecule has 0 aromatic heterocycles. The number of rotatable bonds is 5. The molecule has 6 nitrogen and oxygen atoms in total. The lowest BCUT2D eigenvalue weighted by Crippen LogP contribution is -2.44. The van der Waals surface area contributed by atoms with Crippen LogP contribution >= 0.6 is 0 Å². The number of nitrogens with zero attached hydrogens (tertiary/aromatic N) is 2. The second-order valence-electron chi connectivity index (χ2n) is 8.83. The Kier molecular flexibility index (Phi) is 6.08. The predicted molar refractivity (Wildman–Crippen MR) is 111 cm³/mol. The van der Waals surface area contributed by atoms with Crippen LogP contribution in [0.15, 0.2) is 24.3 Å². The molecule has 2 heterocycles. The first-order valence-electron chi connectivity index (χ1n) is 10.2. The fraction of sp³-hybridized carbons (Fsp3) is 0.667. The van der Waals surface area contributed by atoms with E-state index in [1.54, 1.807) is 0 Å². The van der Waals surface area contributed by atoms with Gasteiger partial charge in [0.15, 0.2) is 0 Å². The van der Waals surface area contributed by atoms with Gasteiger partial charge in [0.2, 0.25) is 5.91 Å². The van der Waals surface area contributed by atoms with Gasteiger partial charge in [-0.2, -0.15) is 0 Å². The summed E-state index contributed by atoms with van der Waals surface area (Å²) in [5, 5.41) is 0. The lowest BCUT2D eigenvalue weighted by atomic mass is 9.79. The first-order valence-corrected chi connectivity index (χ1v) is 10.2. The summed E-state index contributed by atoms with van der Waals surface area (Å²) in [5.74, 6) is 0.996. The topological polar surface area (TPSA) is 51.2 Å². The molecule has 7 heteroatoms. The molecule has 1 amide bonds. The maximum absolute atomic E-state index is 12.3. The molecule has 1 atom stereocenters. The third-order valence-electron chi connectivity index (χ3n) is 6.27. The second kappa shape index (κ2) is 8.05. The maximum Gasteiger partial charge on any atom is 0.494 e. The van der Waals surface area contributed by atoms with Crippen molar-refractivity contribution in [2.24, 2.45) is 0 Å². The first-order chi connectivity index (χ1) is 13.1. The van der Waals surface area contributed by atoms with Crippen molar-refractivity contribution in [2.45, 2.75) is 58.3 Å². The Morgan fingerprint density at radius 2 is 1.71 bits per heavy atom. The minimum Gasteiger partial charge on any atom is -0.492 e. The van der Waals surface area contributed by atoms with E-state index in [1.165, 1.54) is 0 Å². The van der Waals surface area contributed by atoms with E-state index in [0.29, 0.717) is 6.61 Å². The van der Waals surface area contributed by atoms with Crippen LogP contribution in [-0.4, -0.2) is 73.4 Å². The van der Waals surface area contributed by atoms with Gasteiger partial charge in [-0.05, 0) is 58.6 Å². The monoisotopic (exact) mass is 388 g/mol. The molecule has 1 aromatic rings. The van der Waals surface area contributed by atoms with Gasteiger partial charge in [0.1, 0.15) is 12.4 Å². The molecule has 3 rings (SSSR count). The van der Waals surface area contributed by atoms with Gasteiger partial charge in [-0.25, -0.2) is 0 Å². The van der Waals surface area contributed by atoms with Crippen molar-refractivity contribution in [1.82, 2.24) is 9.80 Å². The number of hydrogen-bond acceptors (Lipinski definition) is 5. The van der Waals surface area contributed by atoms with Crippen molar-refractivity contribution >= 4 is 18.5 Å². The van der Waals surface area contributed by atoms with Gasteiger partial charge in [-0.1, -0.05) is 12.1 Å². The van der Waals surface area contributed by atoms with Crippen molar-refractivity contribution in [1.29, 1.82) is 0 Å². The normalized spacial score (nSPS) is 25.1. The van der Waals surface area contributed by atoms with Crippen LogP contribution in [-0.2, 0) is 14.1 Å². The van der Waals surface area contributed by atoms with Gasteiger partial charge >= 0.3 is 7.12 Å². The van der Waals surface area contributed by atoms with Crippen molar-refractivity contribution in [3.8, 4) is 5.75 Å². The molecule has 2 aliphatic rings. The Labute approximate surface area is 169 Å². The van der Waals surface area contributed by atoms with Crippen molar-refractivity contribution in [3.05, 3.63) is 24.3 Å². The Morgan fingerprint density at radius 1 is 1.11 bits per heavy atom. The number of carbonyl (C=O) groups is 1. The number of likely N-dealkylation sites (N-methyl/N-ethyl adjacent to an activating group) is 1. The minimum atomic E-state index is -0.361. The highest BCUT2D eigenvalue weighted by Crippen LogP contribution is 2.36. The van der Waals surface area contributed by atoms with Crippen molar-refractivity contribution < 1.29 is 18.8 Å². The first kappa shape index (κ1) is 21.2. The molecule has 0 bridgehead atoms. The molecule has 2 saturated heterocycles. The van der Waals surface area contributed by atoms with Crippen LogP contribution in [0.2, 0.25) is 0 Å². The number of amides is 1. The van der Waals surface area contributed by atoms with Gasteiger partial charge in [0, 0.05) is 26.7 Å². The third kappa shape index (κ3) is 4.37. The molecular formula is C21H33BN2O4. The average molecular weight is 388 g/mol. The summed E-state index contributed by atoms with van der Waals surface area (Å²) in [4.78, 5) is 16.3. The predicted octanol–water partition coefficient (Wildman–Crippen LogP) is 1.92. The van der Waals surface area contributed by atoms with E-state index in [9.17, 15) is 4.79 Å². The van der Waals surface area contributed by atoms with Gasteiger partial charge in [0.25, 0.3) is 0 Å². The Morgan fingerprint density at radius 3 is 2.32 bits per heavy atom. The summed E-state index contributed by atoms with van der Waals surface area (Å²) in [6.45, 7) is 13.2. The highest BCUT2D eigenvalue weighted by molar-refractivity contribution is 6.62. The fourth-order valence-corrected chi connectivity index (χ4v) is 3.58. The Hall–Kier alpha value is -1.57. The summed E-state index contributed by atoms with van der Waals surface area (Å²) >= 11 is 0. The van der Waals surface area contributed by atoms with E-state index in [0.717, 1.165) is 37.3 Å². The van der Waals surface area contributed by atoms with E-state index in [1.807, 2.05) is 43.1 Å². The molecule has 0 unspecified atom stereocenters. The van der Waals surface area contributed by atoms with Crippen LogP contribution in [0.3, 0.4) is 0 Å². The smallest absolute Gasteiger partial charge is 0.492 e. The zero-order valence-corrected chi connectivity index (χ0v) is 18.0. The summed E-state index contributed by atoms with van der Waals surface area (Å²) in [7, 11) is 1.51. The SMILES string of the molecule is C[C@@H]1C(=O)N(C)CCCN1CCOc1ccc(B2OC(C)(C)C(C)(C)O2)cc1. The molecule has 2 aliphatic heterocycles. The highest BCUT2D eigenvalue weighted by Gasteiger charge is 2.51. The summed E-state index contributed by atoms with van der Waals surface area (Å²) in [6.07, 6.45) is 0.995. The van der Waals surface area contributed by atoms with Crippen LogP contribution in [0.1, 0.15) is 41.0 Å². The van der Waals surface area contributed by atoms with Crippen LogP contribution < -0.4 is 10.2 Å². The minimum absolute atomic E-state index is 0.0955. The van der Waals surface area contributed by atoms with Crippen LogP contribution in [0.25, 0.3) is 0 Å². The Balaban J connectivity index is 1.52. The molecule has 0 saturated carbocycles. The van der Waals surface area contributed by atoms with E-state index >= 15 is 0 Å². The molecule has 154 valence electrons. The van der Waals surface area contributed by atoms with Crippen LogP contribution in [0.4, 0.5) is 0 Å². The van der Waals surface area contributed by atoms with E-state index < -0.39 is 0 Å². The van der Waals surface area contributed by atoms with E-state index in [-0.39, 0.29) is 30.3 Å². The van der Waals surface area contributed by atoms with E-state index in [2.05, 4.69) is 32.6 Å². The number of ether oxygens (including phenoxy) is 1. The summed E-state index contributed by atoms with van der Waals surface area (Å²) in [6, 6.07) is 7.78. The largest absolute Gasteiger partial charge is 0.494 e. The molecule has 0 N–H and O–H groups in total. The zero-order chi connectivity index (χ0) is 20.5. The molecule has 2 fully saturated rings. The molecule has 1 aromatic carbocycles. The second-order valence-corrected chi connectivity index (χ2v) is 8.83. The third-order valence-corrected chi connectivity index (χ3v) is 6.27. The maximum atomic E-state index is 12.3. The lowest BCUT2D eigenvalue weighted by molar-refractivity contribution is -0.133. The lowest BCUT2D eigenvalue weighted by Gasteiger charge is -2.32. The quantitative estimate of drug-likeness (QED) is 0.722. The fourth-order valence-electron chi connectivity index (χ4n) is 3.58. The van der Waals surface area contributed by atoms with Crippen LogP contribution in [0.5, 0.6) is 5.75 Å². The van der Waals surface area contributed by atoms with Crippen molar-refractivity contribution in [3.63, 3.8) is 0 Å². The highest BCUT2D eigenvalue weighted by atomic mass is 16.7. The van der Waals surface area contributed by atoms with Gasteiger partial charge in [0.05, 0.1) is 17.2 Å². The van der Waals surface area contributed by atoms with Crippen LogP contribution in [0, 0.1) is 0 Å². The van der Waals surface area contributed by atoms with Gasteiger partial charge in [-0.3, -0.25) is 9.69 Å². The summed E-state index contributed by atoms with van der Waals surface area (Å²) in [5.41, 5.74) is 0.297. The number of carbonyl (C=O) groups excluding carboxylic acids is 1. The molecule has 0 aliphatic carbocycles. The number of hydrogen-bond donors (Lipinski definition) is 0. The standard InChI is InChI=1S/C21H33BN2O4/c1-16-19(25)23(6)12-7-13-24(16)14-15-26-18-10-8-17(9-11-18)22-27-20(2,3)21(4,5)28-22/h8-11,16H,7,12-15H2,1-6H3/t16-/m1/s1. The van der Waals surface area contributed by atoms with Crippen molar-refractivity contribution in [2.75, 3.05) is 33.3 Å². The average Bonchev–Trinajstić information content (AvgIpc) is 2.79. The summed E-state index contributed by atoms with van der Waals surface area (Å²) < 4.78 is 18.1. The van der Waals surface area contributed by atoms with Gasteiger partial charge in [-0.15, -0.1) is 0 Å². The van der Waals surface area contributed by atoms with Gasteiger partial charge < -0.3 is 18.9 Å². The molecule has 0 radical (unpaired) electrons. The molecular weight excluding hydrogens is 355 g/mol. The number of benzene rings is 1. The Bertz CT molecular complexity index is 676. The molecule has 0 spiro atoms. The molecule has 28 heavy (non-hydrogen) atoms. The van der Waals surface area contributed by atoms with E-state index in [4.69, 9.17) is 14.0 Å². The zero-order valence-electron chi connectivity index (χ0n) is 18.0.